The van der Waals surface area contributed by atoms with Crippen LogP contribution in [0.1, 0.15) is 0 Å². The predicted molar refractivity (Wildman–Crippen MR) is 31.2 cm³/mol. The summed E-state index contributed by atoms with van der Waals surface area (Å²) in [5.41, 5.74) is -11.8. The van der Waals surface area contributed by atoms with Gasteiger partial charge >= 0.3 is 24.2 Å². The van der Waals surface area contributed by atoms with Crippen LogP contribution in [0.5, 0.6) is 0 Å². The van der Waals surface area contributed by atoms with Gasteiger partial charge in [0.15, 0.2) is 5.57 Å². The van der Waals surface area contributed by atoms with Crippen molar-refractivity contribution in [3.8, 4) is 0 Å². The van der Waals surface area contributed by atoms with E-state index in [0.29, 0.717) is 0 Å². The molecule has 0 N–H and O–H groups in total. The van der Waals surface area contributed by atoms with E-state index in [0.717, 1.165) is 0 Å². The van der Waals surface area contributed by atoms with Gasteiger partial charge < -0.3 is 0 Å². The maximum absolute atomic E-state index is 12.7. The molecule has 0 saturated heterocycles. The van der Waals surface area contributed by atoms with Gasteiger partial charge in [0.25, 0.3) is 6.08 Å². The van der Waals surface area contributed by atoms with Gasteiger partial charge in [0, 0.05) is 0 Å². The van der Waals surface area contributed by atoms with Crippen LogP contribution in [0.15, 0.2) is 11.7 Å². The highest BCUT2D eigenvalue weighted by Gasteiger charge is 2.79. The highest BCUT2D eigenvalue weighted by molar-refractivity contribution is 5.28. The van der Waals surface area contributed by atoms with Crippen LogP contribution in [-0.4, -0.2) is 24.2 Å². The van der Waals surface area contributed by atoms with Crippen LogP contribution in [-0.2, 0) is 0 Å². The van der Waals surface area contributed by atoms with E-state index in [2.05, 4.69) is 0 Å². The average Bonchev–Trinajstić information content (AvgIpc) is 1.95. The monoisotopic (exact) mass is 300 g/mol. The lowest BCUT2D eigenvalue weighted by Crippen LogP contribution is -2.57. The van der Waals surface area contributed by atoms with Gasteiger partial charge in [-0.15, -0.1) is 0 Å². The molecule has 0 aromatic rings. The molecule has 0 spiro atoms. The number of halogens is 12. The summed E-state index contributed by atoms with van der Waals surface area (Å²) in [5.74, 6) is 0. The van der Waals surface area contributed by atoms with Gasteiger partial charge in [-0.3, -0.25) is 0 Å². The fraction of sp³-hybridized carbons (Fsp3) is 0.667. The van der Waals surface area contributed by atoms with Gasteiger partial charge in [-0.25, -0.2) is 4.39 Å². The first-order valence-corrected chi connectivity index (χ1v) is 3.52. The Morgan fingerprint density at radius 1 is 0.556 bits per heavy atom. The SMILES string of the molecule is FC(F)=C(C(F)(F)F)C(F)(C(F)(F)F)C(F)(F)F. The second-order valence-electron chi connectivity index (χ2n) is 2.79. The number of alkyl halides is 10. The van der Waals surface area contributed by atoms with E-state index in [1.165, 1.54) is 0 Å². The molecular weight excluding hydrogens is 300 g/mol. The number of allylic oxidation sites excluding steroid dienone is 1. The first kappa shape index (κ1) is 16.9. The van der Waals surface area contributed by atoms with Crippen molar-refractivity contribution in [2.75, 3.05) is 0 Å². The summed E-state index contributed by atoms with van der Waals surface area (Å²) in [7, 11) is 0. The minimum atomic E-state index is -7.25. The van der Waals surface area contributed by atoms with Crippen LogP contribution in [0.25, 0.3) is 0 Å². The second kappa shape index (κ2) is 4.23. The zero-order chi connectivity index (χ0) is 15.2. The Balaban J connectivity index is 6.33. The van der Waals surface area contributed by atoms with Crippen LogP contribution in [0.2, 0.25) is 0 Å². The highest BCUT2D eigenvalue weighted by Crippen LogP contribution is 2.55. The molecule has 0 unspecified atom stereocenters. The van der Waals surface area contributed by atoms with E-state index in [4.69, 9.17) is 0 Å². The van der Waals surface area contributed by atoms with Crippen molar-refractivity contribution in [3.63, 3.8) is 0 Å². The Morgan fingerprint density at radius 3 is 0.889 bits per heavy atom. The van der Waals surface area contributed by atoms with Crippen LogP contribution in [0, 0.1) is 0 Å². The van der Waals surface area contributed by atoms with Crippen LogP contribution in [0.4, 0.5) is 52.7 Å². The van der Waals surface area contributed by atoms with E-state index in [-0.39, 0.29) is 0 Å². The maximum atomic E-state index is 12.7. The Hall–Kier alpha value is -1.10. The van der Waals surface area contributed by atoms with E-state index in [1.54, 1.807) is 0 Å². The third kappa shape index (κ3) is 2.66. The summed E-state index contributed by atoms with van der Waals surface area (Å²) in [6.45, 7) is 0. The summed E-state index contributed by atoms with van der Waals surface area (Å²) in [6.07, 6.45) is -25.8. The van der Waals surface area contributed by atoms with Gasteiger partial charge in [0.2, 0.25) is 0 Å². The summed E-state index contributed by atoms with van der Waals surface area (Å²) >= 11 is 0. The zero-order valence-corrected chi connectivity index (χ0v) is 7.54. The molecule has 0 aliphatic carbocycles. The molecule has 0 nitrogen and oxygen atoms in total. The fourth-order valence-electron chi connectivity index (χ4n) is 0.877. The topological polar surface area (TPSA) is 0 Å². The molecule has 0 heterocycles. The molecule has 0 bridgehead atoms. The molecule has 18 heavy (non-hydrogen) atoms. The van der Waals surface area contributed by atoms with Crippen molar-refractivity contribution in [1.29, 1.82) is 0 Å². The number of hydrogen-bond acceptors (Lipinski definition) is 0. The van der Waals surface area contributed by atoms with Crippen molar-refractivity contribution in [1.82, 2.24) is 0 Å². The average molecular weight is 300 g/mol. The van der Waals surface area contributed by atoms with Crippen molar-refractivity contribution in [2.24, 2.45) is 0 Å². The van der Waals surface area contributed by atoms with Crippen molar-refractivity contribution in [2.45, 2.75) is 24.2 Å². The lowest BCUT2D eigenvalue weighted by atomic mass is 9.94. The molecular formula is C6F12. The Bertz CT molecular complexity index is 319. The molecule has 0 saturated carbocycles. The molecule has 12 heteroatoms. The minimum Gasteiger partial charge on any atom is -0.218 e. The van der Waals surface area contributed by atoms with Gasteiger partial charge in [0.05, 0.1) is 0 Å². The summed E-state index contributed by atoms with van der Waals surface area (Å²) in [4.78, 5) is 0. The Morgan fingerprint density at radius 2 is 0.833 bits per heavy atom. The minimum absolute atomic E-state index is 4.46. The lowest BCUT2D eigenvalue weighted by molar-refractivity contribution is -0.338. The smallest absolute Gasteiger partial charge is 0.218 e. The molecule has 0 aliphatic rings. The molecule has 0 fully saturated rings. The molecule has 0 aliphatic heterocycles. The summed E-state index contributed by atoms with van der Waals surface area (Å²) in [5, 5.41) is 0. The third-order valence-electron chi connectivity index (χ3n) is 1.60. The van der Waals surface area contributed by atoms with Gasteiger partial charge in [-0.05, 0) is 0 Å². The van der Waals surface area contributed by atoms with Gasteiger partial charge in [-0.1, -0.05) is 0 Å². The van der Waals surface area contributed by atoms with Crippen LogP contribution in [0.3, 0.4) is 0 Å². The van der Waals surface area contributed by atoms with E-state index in [9.17, 15) is 52.7 Å². The quantitative estimate of drug-likeness (QED) is 0.624. The largest absolute Gasteiger partial charge is 0.436 e. The summed E-state index contributed by atoms with van der Waals surface area (Å²) in [6, 6.07) is 0. The van der Waals surface area contributed by atoms with E-state index in [1.807, 2.05) is 0 Å². The number of hydrogen-bond donors (Lipinski definition) is 0. The molecule has 0 radical (unpaired) electrons. The van der Waals surface area contributed by atoms with Crippen LogP contribution >= 0.6 is 0 Å². The Kier molecular flexibility index (Phi) is 3.97. The van der Waals surface area contributed by atoms with E-state index >= 15 is 0 Å². The maximum Gasteiger partial charge on any atom is 0.436 e. The van der Waals surface area contributed by atoms with Crippen molar-refractivity contribution in [3.05, 3.63) is 11.7 Å². The van der Waals surface area contributed by atoms with Gasteiger partial charge in [-0.2, -0.15) is 48.3 Å². The highest BCUT2D eigenvalue weighted by atomic mass is 19.4. The summed E-state index contributed by atoms with van der Waals surface area (Å²) < 4.78 is 142. The molecule has 0 atom stereocenters. The molecule has 0 amide bonds. The Labute approximate surface area is 89.9 Å². The molecule has 0 aromatic heterocycles. The first-order chi connectivity index (χ1) is 7.57. The van der Waals surface area contributed by atoms with Crippen molar-refractivity contribution >= 4 is 0 Å². The molecule has 0 aromatic carbocycles. The van der Waals surface area contributed by atoms with E-state index < -0.39 is 35.9 Å². The molecule has 0 rings (SSSR count). The predicted octanol–water partition coefficient (Wildman–Crippen LogP) is 4.53. The normalized spacial score (nSPS) is 14.7. The first-order valence-electron chi connectivity index (χ1n) is 3.52. The third-order valence-corrected chi connectivity index (χ3v) is 1.60. The number of rotatable bonds is 1. The van der Waals surface area contributed by atoms with Crippen molar-refractivity contribution < 1.29 is 52.7 Å². The standard InChI is InChI=1S/C6F12/c7-2(8)1(4(10,11)12)3(9,5(13,14)15)6(16,17)18. The van der Waals surface area contributed by atoms with Gasteiger partial charge in [0.1, 0.15) is 0 Å². The van der Waals surface area contributed by atoms with Crippen LogP contribution < -0.4 is 0 Å². The second-order valence-corrected chi connectivity index (χ2v) is 2.79. The lowest BCUT2D eigenvalue weighted by Gasteiger charge is -2.32. The zero-order valence-electron chi connectivity index (χ0n) is 7.54. The fourth-order valence-corrected chi connectivity index (χ4v) is 0.877. The molecule has 108 valence electrons.